The first-order valence-electron chi connectivity index (χ1n) is 9.47. The first-order chi connectivity index (χ1) is 12.5. The fourth-order valence-corrected chi connectivity index (χ4v) is 4.36. The first kappa shape index (κ1) is 17.0. The van der Waals surface area contributed by atoms with E-state index in [4.69, 9.17) is 4.42 Å². The van der Waals surface area contributed by atoms with Crippen LogP contribution in [0.15, 0.2) is 51.7 Å². The number of nitrogens with one attached hydrogen (secondary N) is 1. The van der Waals surface area contributed by atoms with E-state index in [-0.39, 0.29) is 5.63 Å². The summed E-state index contributed by atoms with van der Waals surface area (Å²) >= 11 is 0. The number of rotatable bonds is 3. The summed E-state index contributed by atoms with van der Waals surface area (Å²) in [6.45, 7) is 4.90. The molecule has 0 amide bonds. The Morgan fingerprint density at radius 3 is 2.81 bits per heavy atom. The average Bonchev–Trinajstić information content (AvgIpc) is 2.64. The monoisotopic (exact) mass is 348 g/mol. The summed E-state index contributed by atoms with van der Waals surface area (Å²) in [4.78, 5) is 13.6. The van der Waals surface area contributed by atoms with E-state index in [2.05, 4.69) is 50.4 Å². The maximum Gasteiger partial charge on any atom is 0.336 e. The van der Waals surface area contributed by atoms with Crippen LogP contribution in [0.2, 0.25) is 0 Å². The van der Waals surface area contributed by atoms with Crippen molar-refractivity contribution in [1.82, 2.24) is 0 Å². The van der Waals surface area contributed by atoms with Gasteiger partial charge < -0.3 is 9.32 Å². The van der Waals surface area contributed by atoms with E-state index in [0.29, 0.717) is 6.04 Å². The van der Waals surface area contributed by atoms with Gasteiger partial charge in [-0.1, -0.05) is 36.4 Å². The molecule has 26 heavy (non-hydrogen) atoms. The number of hydrogen-bond acceptors (Lipinski definition) is 2. The molecule has 3 heteroatoms. The first-order valence-corrected chi connectivity index (χ1v) is 9.47. The van der Waals surface area contributed by atoms with Crippen LogP contribution in [0.3, 0.4) is 0 Å². The Bertz CT molecular complexity index is 1020. The maximum atomic E-state index is 12.1. The van der Waals surface area contributed by atoms with E-state index in [1.165, 1.54) is 35.3 Å². The molecule has 1 heterocycles. The molecule has 0 bridgehead atoms. The molecule has 0 spiro atoms. The van der Waals surface area contributed by atoms with Gasteiger partial charge in [0.2, 0.25) is 0 Å². The lowest BCUT2D eigenvalue weighted by atomic mass is 9.87. The highest BCUT2D eigenvalue weighted by Gasteiger charge is 2.27. The summed E-state index contributed by atoms with van der Waals surface area (Å²) < 4.78 is 5.53. The molecular weight excluding hydrogens is 322 g/mol. The number of hydrogen-bond donors (Lipinski definition) is 1. The van der Waals surface area contributed by atoms with Crippen LogP contribution < -0.4 is 10.5 Å². The summed E-state index contributed by atoms with van der Waals surface area (Å²) in [6, 6.07) is 15.2. The lowest BCUT2D eigenvalue weighted by Gasteiger charge is -2.30. The van der Waals surface area contributed by atoms with Gasteiger partial charge in [-0.2, -0.15) is 0 Å². The van der Waals surface area contributed by atoms with Gasteiger partial charge >= 0.3 is 5.63 Å². The molecule has 1 aliphatic rings. The maximum absolute atomic E-state index is 12.1. The van der Waals surface area contributed by atoms with Gasteiger partial charge in [0.05, 0.1) is 7.05 Å². The number of quaternary nitrogens is 1. The fourth-order valence-electron chi connectivity index (χ4n) is 4.36. The minimum Gasteiger partial charge on any atom is -0.422 e. The molecule has 134 valence electrons. The van der Waals surface area contributed by atoms with Gasteiger partial charge in [0.25, 0.3) is 0 Å². The van der Waals surface area contributed by atoms with E-state index in [1.807, 2.05) is 6.92 Å². The summed E-state index contributed by atoms with van der Waals surface area (Å²) in [5.74, 6) is 0. The van der Waals surface area contributed by atoms with Crippen molar-refractivity contribution in [3.05, 3.63) is 80.7 Å². The van der Waals surface area contributed by atoms with Crippen molar-refractivity contribution in [3.63, 3.8) is 0 Å². The third-order valence-corrected chi connectivity index (χ3v) is 5.95. The van der Waals surface area contributed by atoms with E-state index in [9.17, 15) is 4.79 Å². The molecule has 0 fully saturated rings. The van der Waals surface area contributed by atoms with Crippen LogP contribution in [-0.4, -0.2) is 7.05 Å². The number of fused-ring (bicyclic) bond motifs is 2. The molecule has 1 N–H and O–H groups in total. The smallest absolute Gasteiger partial charge is 0.336 e. The second kappa shape index (κ2) is 6.73. The number of aryl methyl sites for hydroxylation is 3. The molecule has 1 aliphatic carbocycles. The molecule has 0 saturated heterocycles. The van der Waals surface area contributed by atoms with Crippen molar-refractivity contribution in [1.29, 1.82) is 0 Å². The summed E-state index contributed by atoms with van der Waals surface area (Å²) in [5, 5.41) is 1.07. The Labute approximate surface area is 154 Å². The topological polar surface area (TPSA) is 34.7 Å². The zero-order chi connectivity index (χ0) is 18.3. The zero-order valence-corrected chi connectivity index (χ0v) is 15.8. The van der Waals surface area contributed by atoms with Gasteiger partial charge in [0.15, 0.2) is 0 Å². The van der Waals surface area contributed by atoms with E-state index in [0.717, 1.165) is 34.2 Å². The van der Waals surface area contributed by atoms with Crippen LogP contribution in [0.1, 0.15) is 46.7 Å². The Morgan fingerprint density at radius 2 is 1.96 bits per heavy atom. The molecule has 1 unspecified atom stereocenters. The van der Waals surface area contributed by atoms with E-state index in [1.54, 1.807) is 6.07 Å². The van der Waals surface area contributed by atoms with Crippen LogP contribution in [0, 0.1) is 13.8 Å². The van der Waals surface area contributed by atoms with Crippen LogP contribution in [0.4, 0.5) is 0 Å². The minimum absolute atomic E-state index is 0.252. The van der Waals surface area contributed by atoms with Crippen LogP contribution in [0.25, 0.3) is 11.0 Å². The Kier molecular flexibility index (Phi) is 4.41. The summed E-state index contributed by atoms with van der Waals surface area (Å²) in [7, 11) is 2.24. The molecule has 2 atom stereocenters. The second-order valence-corrected chi connectivity index (χ2v) is 7.64. The molecule has 3 aromatic rings. The molecule has 2 aromatic carbocycles. The van der Waals surface area contributed by atoms with Crippen molar-refractivity contribution in [2.75, 3.05) is 7.05 Å². The highest BCUT2D eigenvalue weighted by atomic mass is 16.4. The normalized spacial score (nSPS) is 17.9. The predicted molar refractivity (Wildman–Crippen MR) is 105 cm³/mol. The average molecular weight is 348 g/mol. The standard InChI is InChI=1S/C23H25NO2/c1-15-11-12-20-18(13-22(25)26-23(20)16(15)2)14-24(3)21-10-6-8-17-7-4-5-9-19(17)21/h4-5,7,9,11-13,21H,6,8,10,14H2,1-3H3/p+1/t21-/m1/s1. The molecule has 0 saturated carbocycles. The Hall–Kier alpha value is -2.39. The Morgan fingerprint density at radius 1 is 1.15 bits per heavy atom. The van der Waals surface area contributed by atoms with Crippen molar-refractivity contribution >= 4 is 11.0 Å². The molecular formula is C23H26NO2+. The van der Waals surface area contributed by atoms with Gasteiger partial charge in [-0.05, 0) is 43.4 Å². The van der Waals surface area contributed by atoms with E-state index < -0.39 is 0 Å². The van der Waals surface area contributed by atoms with Gasteiger partial charge in [-0.25, -0.2) is 4.79 Å². The zero-order valence-electron chi connectivity index (χ0n) is 15.8. The largest absolute Gasteiger partial charge is 0.422 e. The van der Waals surface area contributed by atoms with Gasteiger partial charge in [0.1, 0.15) is 18.2 Å². The molecule has 1 aromatic heterocycles. The van der Waals surface area contributed by atoms with Crippen LogP contribution in [-0.2, 0) is 13.0 Å². The summed E-state index contributed by atoms with van der Waals surface area (Å²) in [6.07, 6.45) is 3.60. The third-order valence-electron chi connectivity index (χ3n) is 5.95. The lowest BCUT2D eigenvalue weighted by Crippen LogP contribution is -3.08. The number of benzene rings is 2. The van der Waals surface area contributed by atoms with Crippen LogP contribution >= 0.6 is 0 Å². The molecule has 0 aliphatic heterocycles. The van der Waals surface area contributed by atoms with Crippen molar-refractivity contribution in [2.24, 2.45) is 0 Å². The lowest BCUT2D eigenvalue weighted by molar-refractivity contribution is -0.926. The van der Waals surface area contributed by atoms with Gasteiger partial charge in [0, 0.05) is 29.0 Å². The summed E-state index contributed by atoms with van der Waals surface area (Å²) in [5.41, 5.74) is 6.73. The van der Waals surface area contributed by atoms with Crippen molar-refractivity contribution in [2.45, 2.75) is 45.7 Å². The highest BCUT2D eigenvalue weighted by Crippen LogP contribution is 2.28. The molecule has 4 rings (SSSR count). The minimum atomic E-state index is -0.252. The fraction of sp³-hybridized carbons (Fsp3) is 0.348. The quantitative estimate of drug-likeness (QED) is 0.735. The van der Waals surface area contributed by atoms with Gasteiger partial charge in [-0.15, -0.1) is 0 Å². The SMILES string of the molecule is Cc1ccc2c(C[NH+](C)[C@@H]3CCCc4ccccc43)cc(=O)oc2c1C. The van der Waals surface area contributed by atoms with Crippen molar-refractivity contribution in [3.8, 4) is 0 Å². The van der Waals surface area contributed by atoms with Gasteiger partial charge in [-0.3, -0.25) is 0 Å². The van der Waals surface area contributed by atoms with Crippen molar-refractivity contribution < 1.29 is 9.32 Å². The van der Waals surface area contributed by atoms with E-state index >= 15 is 0 Å². The van der Waals surface area contributed by atoms with Crippen LogP contribution in [0.5, 0.6) is 0 Å². The molecule has 3 nitrogen and oxygen atoms in total. The predicted octanol–water partition coefficient (Wildman–Crippen LogP) is 3.50. The third kappa shape index (κ3) is 2.97. The highest BCUT2D eigenvalue weighted by molar-refractivity contribution is 5.83. The second-order valence-electron chi connectivity index (χ2n) is 7.64. The Balaban J connectivity index is 1.72. The molecule has 0 radical (unpaired) electrons.